The molecule has 2 nitrogen and oxygen atoms in total. The second kappa shape index (κ2) is 3.48. The van der Waals surface area contributed by atoms with Crippen LogP contribution < -0.4 is 0 Å². The van der Waals surface area contributed by atoms with Gasteiger partial charge in [-0.1, -0.05) is 30.3 Å². The molecule has 1 aromatic carbocycles. The highest BCUT2D eigenvalue weighted by atomic mass is 16.5. The van der Waals surface area contributed by atoms with Crippen LogP contribution in [-0.4, -0.2) is 17.3 Å². The molecule has 1 aliphatic rings. The number of hydrogen-bond acceptors (Lipinski definition) is 2. The molecule has 70 valence electrons. The zero-order valence-electron chi connectivity index (χ0n) is 7.68. The van der Waals surface area contributed by atoms with Gasteiger partial charge in [0.25, 0.3) is 0 Å². The molecular formula is C11H14O2. The Kier molecular flexibility index (Phi) is 2.34. The minimum absolute atomic E-state index is 0.0368. The molecule has 1 aromatic rings. The molecule has 3 atom stereocenters. The topological polar surface area (TPSA) is 29.5 Å². The van der Waals surface area contributed by atoms with E-state index in [1.807, 2.05) is 37.3 Å². The van der Waals surface area contributed by atoms with E-state index in [0.717, 1.165) is 5.56 Å². The minimum atomic E-state index is -0.315. The fourth-order valence-corrected chi connectivity index (χ4v) is 1.70. The Morgan fingerprint density at radius 3 is 2.54 bits per heavy atom. The van der Waals surface area contributed by atoms with Crippen molar-refractivity contribution in [2.45, 2.75) is 31.7 Å². The molecule has 1 N–H and O–H groups in total. The molecule has 0 unspecified atom stereocenters. The molecule has 1 aliphatic heterocycles. The van der Waals surface area contributed by atoms with Crippen molar-refractivity contribution in [3.63, 3.8) is 0 Å². The largest absolute Gasteiger partial charge is 0.390 e. The summed E-state index contributed by atoms with van der Waals surface area (Å²) in [4.78, 5) is 0. The first-order valence-corrected chi connectivity index (χ1v) is 4.66. The predicted molar refractivity (Wildman–Crippen MR) is 50.4 cm³/mol. The van der Waals surface area contributed by atoms with Gasteiger partial charge in [-0.3, -0.25) is 0 Å². The molecule has 0 aromatic heterocycles. The van der Waals surface area contributed by atoms with Gasteiger partial charge in [0.2, 0.25) is 0 Å². The van der Waals surface area contributed by atoms with Gasteiger partial charge in [0.15, 0.2) is 0 Å². The average Bonchev–Trinajstić information content (AvgIpc) is 2.49. The molecule has 0 amide bonds. The van der Waals surface area contributed by atoms with Crippen LogP contribution in [-0.2, 0) is 4.74 Å². The van der Waals surface area contributed by atoms with Crippen molar-refractivity contribution in [2.75, 3.05) is 0 Å². The normalized spacial score (nSPS) is 33.5. The van der Waals surface area contributed by atoms with Gasteiger partial charge in [0.05, 0.1) is 18.3 Å². The van der Waals surface area contributed by atoms with E-state index in [4.69, 9.17) is 4.74 Å². The molecule has 1 saturated heterocycles. The SMILES string of the molecule is C[C@@H]1O[C@@H](c2ccccc2)C[C@@H]1O. The van der Waals surface area contributed by atoms with Gasteiger partial charge in [-0.15, -0.1) is 0 Å². The highest BCUT2D eigenvalue weighted by molar-refractivity contribution is 5.18. The number of benzene rings is 1. The van der Waals surface area contributed by atoms with Crippen LogP contribution >= 0.6 is 0 Å². The Balaban J connectivity index is 2.12. The van der Waals surface area contributed by atoms with Gasteiger partial charge < -0.3 is 9.84 Å². The zero-order chi connectivity index (χ0) is 9.26. The van der Waals surface area contributed by atoms with Crippen LogP contribution in [0, 0.1) is 0 Å². The Morgan fingerprint density at radius 2 is 2.00 bits per heavy atom. The highest BCUT2D eigenvalue weighted by Gasteiger charge is 2.31. The summed E-state index contributed by atoms with van der Waals surface area (Å²) in [6.45, 7) is 1.91. The second-order valence-electron chi connectivity index (χ2n) is 3.54. The van der Waals surface area contributed by atoms with Crippen LogP contribution in [0.5, 0.6) is 0 Å². The molecular weight excluding hydrogens is 164 g/mol. The molecule has 0 bridgehead atoms. The van der Waals surface area contributed by atoms with Crippen molar-refractivity contribution >= 4 is 0 Å². The maximum Gasteiger partial charge on any atom is 0.0855 e. The molecule has 0 saturated carbocycles. The summed E-state index contributed by atoms with van der Waals surface area (Å²) in [5.74, 6) is 0. The average molecular weight is 178 g/mol. The first kappa shape index (κ1) is 8.73. The Labute approximate surface area is 78.2 Å². The van der Waals surface area contributed by atoms with E-state index >= 15 is 0 Å². The van der Waals surface area contributed by atoms with Crippen molar-refractivity contribution in [3.05, 3.63) is 35.9 Å². The first-order valence-electron chi connectivity index (χ1n) is 4.66. The van der Waals surface area contributed by atoms with Crippen LogP contribution in [0.2, 0.25) is 0 Å². The summed E-state index contributed by atoms with van der Waals surface area (Å²) >= 11 is 0. The first-order chi connectivity index (χ1) is 6.27. The summed E-state index contributed by atoms with van der Waals surface area (Å²) in [6, 6.07) is 10.0. The Bertz CT molecular complexity index is 261. The Morgan fingerprint density at radius 1 is 1.31 bits per heavy atom. The molecule has 0 spiro atoms. The van der Waals surface area contributed by atoms with Gasteiger partial charge in [-0.25, -0.2) is 0 Å². The molecule has 0 aliphatic carbocycles. The Hall–Kier alpha value is -0.860. The maximum atomic E-state index is 9.50. The third-order valence-corrected chi connectivity index (χ3v) is 2.55. The summed E-state index contributed by atoms with van der Waals surface area (Å²) in [7, 11) is 0. The monoisotopic (exact) mass is 178 g/mol. The molecule has 0 radical (unpaired) electrons. The summed E-state index contributed by atoms with van der Waals surface area (Å²) in [5.41, 5.74) is 1.16. The van der Waals surface area contributed by atoms with E-state index in [2.05, 4.69) is 0 Å². The van der Waals surface area contributed by atoms with Gasteiger partial charge in [-0.05, 0) is 12.5 Å². The van der Waals surface area contributed by atoms with Crippen LogP contribution in [0.1, 0.15) is 25.0 Å². The minimum Gasteiger partial charge on any atom is -0.390 e. The summed E-state index contributed by atoms with van der Waals surface area (Å²) < 4.78 is 5.61. The quantitative estimate of drug-likeness (QED) is 0.711. The molecule has 1 fully saturated rings. The van der Waals surface area contributed by atoms with Crippen molar-refractivity contribution in [3.8, 4) is 0 Å². The van der Waals surface area contributed by atoms with Crippen molar-refractivity contribution in [2.24, 2.45) is 0 Å². The van der Waals surface area contributed by atoms with Crippen LogP contribution in [0.3, 0.4) is 0 Å². The third-order valence-electron chi connectivity index (χ3n) is 2.55. The highest BCUT2D eigenvalue weighted by Crippen LogP contribution is 2.32. The van der Waals surface area contributed by atoms with Gasteiger partial charge in [0, 0.05) is 6.42 Å². The van der Waals surface area contributed by atoms with E-state index in [9.17, 15) is 5.11 Å². The van der Waals surface area contributed by atoms with Crippen LogP contribution in [0.25, 0.3) is 0 Å². The van der Waals surface area contributed by atoms with Crippen molar-refractivity contribution in [1.29, 1.82) is 0 Å². The lowest BCUT2D eigenvalue weighted by Crippen LogP contribution is -2.15. The van der Waals surface area contributed by atoms with Crippen molar-refractivity contribution in [1.82, 2.24) is 0 Å². The van der Waals surface area contributed by atoms with Crippen LogP contribution in [0.15, 0.2) is 30.3 Å². The number of aliphatic hydroxyl groups is 1. The van der Waals surface area contributed by atoms with E-state index in [0.29, 0.717) is 6.42 Å². The zero-order valence-corrected chi connectivity index (χ0v) is 7.68. The smallest absolute Gasteiger partial charge is 0.0855 e. The fraction of sp³-hybridized carbons (Fsp3) is 0.455. The van der Waals surface area contributed by atoms with E-state index < -0.39 is 0 Å². The number of ether oxygens (including phenoxy) is 1. The lowest BCUT2D eigenvalue weighted by Gasteiger charge is -2.10. The third kappa shape index (κ3) is 1.74. The molecule has 2 heteroatoms. The van der Waals surface area contributed by atoms with E-state index in [-0.39, 0.29) is 18.3 Å². The van der Waals surface area contributed by atoms with Gasteiger partial charge in [0.1, 0.15) is 0 Å². The number of aliphatic hydroxyl groups excluding tert-OH is 1. The summed E-state index contributed by atoms with van der Waals surface area (Å²) in [6.07, 6.45) is 0.437. The van der Waals surface area contributed by atoms with Crippen molar-refractivity contribution < 1.29 is 9.84 Å². The van der Waals surface area contributed by atoms with E-state index in [1.165, 1.54) is 0 Å². The molecule has 1 heterocycles. The lowest BCUT2D eigenvalue weighted by molar-refractivity contribution is 0.0217. The second-order valence-corrected chi connectivity index (χ2v) is 3.54. The van der Waals surface area contributed by atoms with Gasteiger partial charge in [-0.2, -0.15) is 0 Å². The standard InChI is InChI=1S/C11H14O2/c1-8-10(12)7-11(13-8)9-5-3-2-4-6-9/h2-6,8,10-12H,7H2,1H3/t8-,10-,11+/m0/s1. The predicted octanol–water partition coefficient (Wildman–Crippen LogP) is 1.90. The lowest BCUT2D eigenvalue weighted by atomic mass is 10.1. The maximum absolute atomic E-state index is 9.50. The summed E-state index contributed by atoms with van der Waals surface area (Å²) in [5, 5.41) is 9.50. The molecule has 13 heavy (non-hydrogen) atoms. The number of rotatable bonds is 1. The molecule has 2 rings (SSSR count). The fourth-order valence-electron chi connectivity index (χ4n) is 1.70. The van der Waals surface area contributed by atoms with Gasteiger partial charge >= 0.3 is 0 Å². The van der Waals surface area contributed by atoms with E-state index in [1.54, 1.807) is 0 Å². The number of hydrogen-bond donors (Lipinski definition) is 1. The van der Waals surface area contributed by atoms with Crippen LogP contribution in [0.4, 0.5) is 0 Å².